The van der Waals surface area contributed by atoms with E-state index in [-0.39, 0.29) is 18.6 Å². The lowest BCUT2D eigenvalue weighted by Crippen LogP contribution is -2.49. The maximum absolute atomic E-state index is 12.1. The Hall–Kier alpha value is -1.87. The molecule has 2 atom stereocenters. The molecule has 2 bridgehead atoms. The summed E-state index contributed by atoms with van der Waals surface area (Å²) >= 11 is 0. The van der Waals surface area contributed by atoms with Crippen LogP contribution in [0.15, 0.2) is 0 Å². The molecule has 2 N–H and O–H groups in total. The molecule has 2 rings (SSSR count). The molecule has 0 aromatic carbocycles. The minimum Gasteiger partial charge on any atom is -0.460 e. The zero-order valence-corrected chi connectivity index (χ0v) is 15.0. The van der Waals surface area contributed by atoms with Gasteiger partial charge in [0.2, 0.25) is 0 Å². The van der Waals surface area contributed by atoms with E-state index in [1.54, 1.807) is 0 Å². The maximum Gasteiger partial charge on any atom is 0.344 e. The largest absolute Gasteiger partial charge is 0.460 e. The molecule has 0 aromatic rings. The first-order valence-electron chi connectivity index (χ1n) is 8.61. The number of fused-ring (bicyclic) bond motifs is 2. The topological polar surface area (TPSA) is 108 Å². The van der Waals surface area contributed by atoms with Gasteiger partial charge in [-0.25, -0.2) is 15.3 Å². The quantitative estimate of drug-likeness (QED) is 0.307. The van der Waals surface area contributed by atoms with E-state index < -0.39 is 23.6 Å². The molecular formula is C16H27N3O6. The monoisotopic (exact) mass is 357 g/mol. The van der Waals surface area contributed by atoms with E-state index in [0.29, 0.717) is 43.7 Å². The highest BCUT2D eigenvalue weighted by Gasteiger charge is 2.46. The third kappa shape index (κ3) is 5.30. The number of hydrogen-bond acceptors (Lipinski definition) is 6. The van der Waals surface area contributed by atoms with Crippen LogP contribution in [-0.2, 0) is 19.2 Å². The molecule has 2 aliphatic heterocycles. The van der Waals surface area contributed by atoms with Crippen LogP contribution in [0.25, 0.3) is 0 Å². The van der Waals surface area contributed by atoms with Crippen molar-refractivity contribution in [1.82, 2.24) is 15.4 Å². The van der Waals surface area contributed by atoms with Gasteiger partial charge in [-0.05, 0) is 46.5 Å². The van der Waals surface area contributed by atoms with Crippen LogP contribution >= 0.6 is 0 Å². The molecule has 2 fully saturated rings. The van der Waals surface area contributed by atoms with E-state index in [9.17, 15) is 19.6 Å². The highest BCUT2D eigenvalue weighted by atomic mass is 16.7. The predicted octanol–water partition coefficient (Wildman–Crippen LogP) is 1.20. The number of carbonyl (C=O) groups excluding carboxylic acids is 3. The Morgan fingerprint density at radius 2 is 2.00 bits per heavy atom. The molecule has 2 saturated heterocycles. The number of hydroxylamine groups is 3. The Kier molecular flexibility index (Phi) is 6.23. The number of nitrogens with one attached hydrogen (secondary N) is 1. The van der Waals surface area contributed by atoms with Crippen molar-refractivity contribution in [2.45, 2.75) is 70.6 Å². The van der Waals surface area contributed by atoms with E-state index >= 15 is 0 Å². The van der Waals surface area contributed by atoms with Crippen molar-refractivity contribution >= 4 is 17.9 Å². The molecule has 0 aliphatic carbocycles. The van der Waals surface area contributed by atoms with E-state index in [1.165, 1.54) is 4.90 Å². The average molecular weight is 357 g/mol. The number of esters is 1. The second-order valence-electron chi connectivity index (χ2n) is 7.38. The smallest absolute Gasteiger partial charge is 0.344 e. The zero-order chi connectivity index (χ0) is 18.6. The van der Waals surface area contributed by atoms with Gasteiger partial charge in [-0.1, -0.05) is 0 Å². The Balaban J connectivity index is 1.60. The van der Waals surface area contributed by atoms with Crippen LogP contribution in [0.2, 0.25) is 0 Å². The second-order valence-corrected chi connectivity index (χ2v) is 7.38. The van der Waals surface area contributed by atoms with E-state index in [4.69, 9.17) is 9.57 Å². The molecule has 1 unspecified atom stereocenters. The molecule has 0 radical (unpaired) electrons. The fourth-order valence-electron chi connectivity index (χ4n) is 2.95. The van der Waals surface area contributed by atoms with Crippen molar-refractivity contribution in [2.24, 2.45) is 0 Å². The molecule has 2 aliphatic rings. The lowest BCUT2D eigenvalue weighted by Gasteiger charge is -2.28. The Morgan fingerprint density at radius 3 is 2.68 bits per heavy atom. The van der Waals surface area contributed by atoms with E-state index in [1.807, 2.05) is 20.8 Å². The van der Waals surface area contributed by atoms with Crippen LogP contribution in [0.4, 0.5) is 4.79 Å². The third-order valence-corrected chi connectivity index (χ3v) is 4.12. The van der Waals surface area contributed by atoms with Gasteiger partial charge in [-0.2, -0.15) is 0 Å². The van der Waals surface area contributed by atoms with Gasteiger partial charge < -0.3 is 9.64 Å². The summed E-state index contributed by atoms with van der Waals surface area (Å²) < 4.78 is 5.20. The lowest BCUT2D eigenvalue weighted by molar-refractivity contribution is -0.155. The van der Waals surface area contributed by atoms with Crippen LogP contribution in [0.1, 0.15) is 52.9 Å². The summed E-state index contributed by atoms with van der Waals surface area (Å²) in [7, 11) is 0. The molecule has 3 amide bonds. The van der Waals surface area contributed by atoms with E-state index in [2.05, 4.69) is 5.48 Å². The highest BCUT2D eigenvalue weighted by molar-refractivity contribution is 5.87. The molecule has 142 valence electrons. The molecule has 0 saturated carbocycles. The standard InChI is InChI=1S/C16H27N3O6/c1-16(2,3)25-13(20)6-4-5-9-24-17-14(21)12-8-7-11-10-18(12)15(22)19(11)23/h11-12,23H,4-10H2,1-3H3,(H,17,21)/t11?,12-/m0/s1. The number of carbonyl (C=O) groups is 3. The number of nitrogens with zero attached hydrogens (tertiary/aromatic N) is 2. The van der Waals surface area contributed by atoms with Crippen molar-refractivity contribution in [1.29, 1.82) is 0 Å². The van der Waals surface area contributed by atoms with Crippen LogP contribution in [0.3, 0.4) is 0 Å². The number of hydrogen-bond donors (Lipinski definition) is 2. The van der Waals surface area contributed by atoms with Gasteiger partial charge >= 0.3 is 12.0 Å². The summed E-state index contributed by atoms with van der Waals surface area (Å²) in [6, 6.07) is -1.40. The lowest BCUT2D eigenvalue weighted by atomic mass is 10.0. The molecule has 9 nitrogen and oxygen atoms in total. The van der Waals surface area contributed by atoms with Crippen molar-refractivity contribution in [3.05, 3.63) is 0 Å². The predicted molar refractivity (Wildman–Crippen MR) is 86.3 cm³/mol. The maximum atomic E-state index is 12.1. The van der Waals surface area contributed by atoms with Crippen molar-refractivity contribution < 1.29 is 29.2 Å². The number of urea groups is 1. The van der Waals surface area contributed by atoms with Crippen molar-refractivity contribution in [3.63, 3.8) is 0 Å². The Bertz CT molecular complexity index is 518. The van der Waals surface area contributed by atoms with Crippen LogP contribution in [0, 0.1) is 0 Å². The molecule has 2 heterocycles. The van der Waals surface area contributed by atoms with Gasteiger partial charge in [0.25, 0.3) is 5.91 Å². The Labute approximate surface area is 147 Å². The van der Waals surface area contributed by atoms with E-state index in [0.717, 1.165) is 0 Å². The third-order valence-electron chi connectivity index (χ3n) is 4.12. The Morgan fingerprint density at radius 1 is 1.28 bits per heavy atom. The van der Waals surface area contributed by atoms with Crippen molar-refractivity contribution in [3.8, 4) is 0 Å². The normalized spacial score (nSPS) is 23.0. The summed E-state index contributed by atoms with van der Waals surface area (Å²) in [4.78, 5) is 42.0. The number of ether oxygens (including phenoxy) is 1. The van der Waals surface area contributed by atoms with Crippen molar-refractivity contribution in [2.75, 3.05) is 13.2 Å². The first-order chi connectivity index (χ1) is 11.7. The average Bonchev–Trinajstić information content (AvgIpc) is 2.73. The molecule has 0 spiro atoms. The van der Waals surface area contributed by atoms with Crippen LogP contribution in [0.5, 0.6) is 0 Å². The number of unbranched alkanes of at least 4 members (excludes halogenated alkanes) is 1. The summed E-state index contributed by atoms with van der Waals surface area (Å²) in [5, 5.41) is 10.3. The summed E-state index contributed by atoms with van der Waals surface area (Å²) in [5.74, 6) is -0.649. The number of piperidine rings is 1. The second kappa shape index (κ2) is 8.01. The SMILES string of the molecule is CC(C)(C)OC(=O)CCCCONC(=O)[C@@H]1CCC2CN1C(=O)N2O. The highest BCUT2D eigenvalue weighted by Crippen LogP contribution is 2.28. The minimum atomic E-state index is -0.623. The molecular weight excluding hydrogens is 330 g/mol. The number of amides is 3. The van der Waals surface area contributed by atoms with Gasteiger partial charge in [-0.3, -0.25) is 19.6 Å². The van der Waals surface area contributed by atoms with Crippen LogP contribution in [-0.4, -0.2) is 63.9 Å². The van der Waals surface area contributed by atoms with Crippen LogP contribution < -0.4 is 5.48 Å². The molecule has 0 aromatic heterocycles. The van der Waals surface area contributed by atoms with Gasteiger partial charge in [0.05, 0.1) is 12.6 Å². The fraction of sp³-hybridized carbons (Fsp3) is 0.812. The van der Waals surface area contributed by atoms with Gasteiger partial charge in [0, 0.05) is 13.0 Å². The first kappa shape index (κ1) is 19.5. The van der Waals surface area contributed by atoms with Gasteiger partial charge in [0.15, 0.2) is 0 Å². The molecule has 9 heteroatoms. The minimum absolute atomic E-state index is 0.231. The molecule has 25 heavy (non-hydrogen) atoms. The number of rotatable bonds is 7. The van der Waals surface area contributed by atoms with Gasteiger partial charge in [-0.15, -0.1) is 0 Å². The first-order valence-corrected chi connectivity index (χ1v) is 8.61. The summed E-state index contributed by atoms with van der Waals surface area (Å²) in [6.45, 7) is 6.07. The van der Waals surface area contributed by atoms with Gasteiger partial charge in [0.1, 0.15) is 11.6 Å². The summed E-state index contributed by atoms with van der Waals surface area (Å²) in [6.07, 6.45) is 2.56. The zero-order valence-electron chi connectivity index (χ0n) is 15.0. The summed E-state index contributed by atoms with van der Waals surface area (Å²) in [5.41, 5.74) is 1.86. The fourth-order valence-corrected chi connectivity index (χ4v) is 2.95.